The highest BCUT2D eigenvalue weighted by Gasteiger charge is 2.66. The number of carbonyl (C=O) groups excluding carboxylic acids is 2. The topological polar surface area (TPSA) is 84.4 Å². The van der Waals surface area contributed by atoms with Crippen molar-refractivity contribution in [3.63, 3.8) is 0 Å². The summed E-state index contributed by atoms with van der Waals surface area (Å²) >= 11 is 0. The lowest BCUT2D eigenvalue weighted by Gasteiger charge is -2.23. The zero-order chi connectivity index (χ0) is 18.8. The second kappa shape index (κ2) is 5.86. The second-order valence-electron chi connectivity index (χ2n) is 8.17. The Labute approximate surface area is 158 Å². The van der Waals surface area contributed by atoms with Crippen LogP contribution in [0.3, 0.4) is 0 Å². The van der Waals surface area contributed by atoms with E-state index >= 15 is 0 Å². The third-order valence-electron chi connectivity index (χ3n) is 6.45. The summed E-state index contributed by atoms with van der Waals surface area (Å²) in [4.78, 5) is 36.4. The van der Waals surface area contributed by atoms with Gasteiger partial charge in [0, 0.05) is 18.4 Å². The summed E-state index contributed by atoms with van der Waals surface area (Å²) < 4.78 is 6.04. The van der Waals surface area contributed by atoms with Crippen LogP contribution in [0, 0.1) is 18.8 Å². The van der Waals surface area contributed by atoms with Gasteiger partial charge < -0.3 is 15.0 Å². The smallest absolute Gasteiger partial charge is 0.229 e. The summed E-state index contributed by atoms with van der Waals surface area (Å²) in [6.07, 6.45) is 7.93. The Kier molecular flexibility index (Phi) is 3.66. The van der Waals surface area contributed by atoms with Gasteiger partial charge in [0.25, 0.3) is 0 Å². The lowest BCUT2D eigenvalue weighted by molar-refractivity contribution is -0.136. The van der Waals surface area contributed by atoms with Gasteiger partial charge in [0.1, 0.15) is 11.4 Å². The van der Waals surface area contributed by atoms with Crippen molar-refractivity contribution in [3.8, 4) is 0 Å². The Hall–Kier alpha value is -2.28. The molecule has 7 heteroatoms. The van der Waals surface area contributed by atoms with E-state index in [0.717, 1.165) is 30.7 Å². The molecule has 0 unspecified atom stereocenters. The Morgan fingerprint density at radius 2 is 2.19 bits per heavy atom. The number of nitrogens with one attached hydrogen (secondary N) is 1. The molecule has 4 aliphatic rings. The molecule has 2 amide bonds. The van der Waals surface area contributed by atoms with Crippen molar-refractivity contribution in [2.75, 3.05) is 13.6 Å². The van der Waals surface area contributed by atoms with Gasteiger partial charge in [-0.05, 0) is 38.2 Å². The van der Waals surface area contributed by atoms with Crippen molar-refractivity contribution >= 4 is 11.8 Å². The largest absolute Gasteiger partial charge is 0.360 e. The van der Waals surface area contributed by atoms with E-state index in [1.165, 1.54) is 12.0 Å². The highest BCUT2D eigenvalue weighted by atomic mass is 16.5. The molecule has 0 saturated carbocycles. The highest BCUT2D eigenvalue weighted by Crippen LogP contribution is 2.51. The normalized spacial score (nSPS) is 33.3. The van der Waals surface area contributed by atoms with Crippen LogP contribution in [0.2, 0.25) is 0 Å². The third kappa shape index (κ3) is 2.44. The lowest BCUT2D eigenvalue weighted by atomic mass is 9.77. The average Bonchev–Trinajstić information content (AvgIpc) is 3.28. The molecule has 1 N–H and O–H groups in total. The van der Waals surface area contributed by atoms with Gasteiger partial charge in [-0.25, -0.2) is 9.97 Å². The van der Waals surface area contributed by atoms with Crippen LogP contribution >= 0.6 is 0 Å². The van der Waals surface area contributed by atoms with Crippen LogP contribution in [-0.4, -0.2) is 52.0 Å². The molecule has 1 spiro atoms. The van der Waals surface area contributed by atoms with E-state index in [-0.39, 0.29) is 24.5 Å². The third-order valence-corrected chi connectivity index (χ3v) is 6.45. The number of carbonyl (C=O) groups is 2. The van der Waals surface area contributed by atoms with Crippen LogP contribution in [-0.2, 0) is 33.7 Å². The highest BCUT2D eigenvalue weighted by molar-refractivity contribution is 5.92. The minimum absolute atomic E-state index is 0.0112. The molecule has 2 fully saturated rings. The van der Waals surface area contributed by atoms with E-state index in [2.05, 4.69) is 15.3 Å². The molecule has 2 bridgehead atoms. The number of rotatable bonds is 3. The number of aromatic nitrogens is 2. The summed E-state index contributed by atoms with van der Waals surface area (Å²) in [6.45, 7) is 2.81. The molecule has 2 saturated heterocycles. The van der Waals surface area contributed by atoms with Crippen LogP contribution < -0.4 is 5.32 Å². The number of hydrogen-bond acceptors (Lipinski definition) is 5. The minimum Gasteiger partial charge on any atom is -0.360 e. The maximum atomic E-state index is 12.9. The molecule has 1 aliphatic carbocycles. The van der Waals surface area contributed by atoms with Crippen LogP contribution in [0.25, 0.3) is 0 Å². The molecule has 4 atom stereocenters. The molecule has 142 valence electrons. The second-order valence-corrected chi connectivity index (χ2v) is 8.17. The Balaban J connectivity index is 1.33. The van der Waals surface area contributed by atoms with Crippen molar-refractivity contribution in [1.82, 2.24) is 20.2 Å². The van der Waals surface area contributed by atoms with E-state index in [0.29, 0.717) is 12.4 Å². The van der Waals surface area contributed by atoms with Gasteiger partial charge in [0.2, 0.25) is 11.8 Å². The van der Waals surface area contributed by atoms with Crippen molar-refractivity contribution in [1.29, 1.82) is 0 Å². The number of aryl methyl sites for hydroxylation is 2. The maximum absolute atomic E-state index is 12.9. The van der Waals surface area contributed by atoms with Gasteiger partial charge in [-0.3, -0.25) is 9.59 Å². The van der Waals surface area contributed by atoms with E-state index in [1.807, 2.05) is 19.1 Å². The molecule has 7 nitrogen and oxygen atoms in total. The molecule has 0 radical (unpaired) electrons. The lowest BCUT2D eigenvalue weighted by Crippen LogP contribution is -2.44. The summed E-state index contributed by atoms with van der Waals surface area (Å²) in [5.41, 5.74) is 2.78. The van der Waals surface area contributed by atoms with Crippen molar-refractivity contribution < 1.29 is 14.3 Å². The maximum Gasteiger partial charge on any atom is 0.229 e. The van der Waals surface area contributed by atoms with Crippen molar-refractivity contribution in [2.45, 2.75) is 50.9 Å². The Morgan fingerprint density at radius 1 is 1.37 bits per heavy atom. The van der Waals surface area contributed by atoms with Gasteiger partial charge in [-0.15, -0.1) is 0 Å². The molecule has 27 heavy (non-hydrogen) atoms. The predicted octanol–water partition coefficient (Wildman–Crippen LogP) is 0.692. The molecule has 1 aromatic rings. The SMILES string of the molecule is Cc1nc(CNC(=O)[C@H]2[C@H]3C(=O)N(C)C[C@]34C=C[C@H]2O4)nc2c1CCCC2. The quantitative estimate of drug-likeness (QED) is 0.794. The standard InChI is InChI=1S/C20H24N4O3/c1-11-12-5-3-4-6-13(12)23-15(22-11)9-21-18(25)16-14-7-8-20(27-14)10-24(2)19(26)17(16)20/h7-8,14,16-17H,3-6,9-10H2,1-2H3,(H,21,25)/t14-,16-,17+,20-/m1/s1. The van der Waals surface area contributed by atoms with Gasteiger partial charge in [0.15, 0.2) is 0 Å². The Morgan fingerprint density at radius 3 is 3.04 bits per heavy atom. The van der Waals surface area contributed by atoms with Crippen LogP contribution in [0.5, 0.6) is 0 Å². The van der Waals surface area contributed by atoms with E-state index in [4.69, 9.17) is 4.74 Å². The fourth-order valence-corrected chi connectivity index (χ4v) is 5.20. The van der Waals surface area contributed by atoms with E-state index < -0.39 is 17.4 Å². The number of nitrogens with zero attached hydrogens (tertiary/aromatic N) is 3. The monoisotopic (exact) mass is 368 g/mol. The summed E-state index contributed by atoms with van der Waals surface area (Å²) in [7, 11) is 1.76. The van der Waals surface area contributed by atoms with Crippen LogP contribution in [0.4, 0.5) is 0 Å². The predicted molar refractivity (Wildman–Crippen MR) is 96.6 cm³/mol. The fraction of sp³-hybridized carbons (Fsp3) is 0.600. The van der Waals surface area contributed by atoms with Crippen LogP contribution in [0.15, 0.2) is 12.2 Å². The van der Waals surface area contributed by atoms with Gasteiger partial charge in [-0.1, -0.05) is 12.2 Å². The number of fused-ring (bicyclic) bond motifs is 2. The first-order valence-electron chi connectivity index (χ1n) is 9.74. The summed E-state index contributed by atoms with van der Waals surface area (Å²) in [5.74, 6) is -0.428. The molecule has 0 aromatic carbocycles. The first-order chi connectivity index (χ1) is 13.0. The number of likely N-dealkylation sites (tertiary alicyclic amines) is 1. The van der Waals surface area contributed by atoms with E-state index in [1.54, 1.807) is 11.9 Å². The number of amides is 2. The van der Waals surface area contributed by atoms with Crippen LogP contribution in [0.1, 0.15) is 35.6 Å². The number of likely N-dealkylation sites (N-methyl/N-ethyl adjacent to an activating group) is 1. The Bertz CT molecular complexity index is 867. The molecular weight excluding hydrogens is 344 g/mol. The van der Waals surface area contributed by atoms with Gasteiger partial charge >= 0.3 is 0 Å². The zero-order valence-electron chi connectivity index (χ0n) is 15.7. The zero-order valence-corrected chi connectivity index (χ0v) is 15.7. The molecule has 3 aliphatic heterocycles. The molecule has 1 aromatic heterocycles. The fourth-order valence-electron chi connectivity index (χ4n) is 5.20. The van der Waals surface area contributed by atoms with Crippen molar-refractivity contribution in [2.24, 2.45) is 11.8 Å². The van der Waals surface area contributed by atoms with Gasteiger partial charge in [0.05, 0.1) is 31.0 Å². The minimum atomic E-state index is -0.628. The van der Waals surface area contributed by atoms with Crippen molar-refractivity contribution in [3.05, 3.63) is 34.9 Å². The number of ether oxygens (including phenoxy) is 1. The van der Waals surface area contributed by atoms with E-state index in [9.17, 15) is 9.59 Å². The average molecular weight is 368 g/mol. The first kappa shape index (κ1) is 16.9. The van der Waals surface area contributed by atoms with Gasteiger partial charge in [-0.2, -0.15) is 0 Å². The summed E-state index contributed by atoms with van der Waals surface area (Å²) in [6, 6.07) is 0. The molecule has 4 heterocycles. The summed E-state index contributed by atoms with van der Waals surface area (Å²) in [5, 5.41) is 2.96. The molecule has 5 rings (SSSR count). The molecular formula is C20H24N4O3. The first-order valence-corrected chi connectivity index (χ1v) is 9.74. The number of hydrogen-bond donors (Lipinski definition) is 1.